The Morgan fingerprint density at radius 2 is 1.96 bits per heavy atom. The van der Waals surface area contributed by atoms with Crippen LogP contribution in [0.5, 0.6) is 0 Å². The molecule has 23 heavy (non-hydrogen) atoms. The second kappa shape index (κ2) is 5.78. The van der Waals surface area contributed by atoms with Gasteiger partial charge in [-0.2, -0.15) is 0 Å². The van der Waals surface area contributed by atoms with E-state index in [4.69, 9.17) is 17.3 Å². The predicted octanol–water partition coefficient (Wildman–Crippen LogP) is 2.85. The van der Waals surface area contributed by atoms with Crippen molar-refractivity contribution in [1.29, 1.82) is 0 Å². The molecule has 3 aromatic heterocycles. The number of nitrogens with zero attached hydrogens (tertiary/aromatic N) is 6. The molecule has 0 aromatic carbocycles. The smallest absolute Gasteiger partial charge is 0.222 e. The van der Waals surface area contributed by atoms with Gasteiger partial charge in [0.15, 0.2) is 11.0 Å². The molecule has 0 spiro atoms. The highest BCUT2D eigenvalue weighted by Crippen LogP contribution is 2.42. The Balaban J connectivity index is 1.73. The zero-order valence-corrected chi connectivity index (χ0v) is 13.5. The van der Waals surface area contributed by atoms with Gasteiger partial charge < -0.3 is 5.73 Å². The molecule has 0 amide bonds. The van der Waals surface area contributed by atoms with Crippen LogP contribution in [0.1, 0.15) is 18.9 Å². The monoisotopic (exact) mass is 345 g/mol. The summed E-state index contributed by atoms with van der Waals surface area (Å²) in [7, 11) is 0. The number of nitrogens with two attached hydrogens (primary N) is 1. The molecule has 1 aliphatic rings. The first-order chi connectivity index (χ1) is 11.2. The molecule has 0 atom stereocenters. The van der Waals surface area contributed by atoms with Crippen LogP contribution in [-0.4, -0.2) is 29.7 Å². The highest BCUT2D eigenvalue weighted by Gasteiger charge is 2.30. The van der Waals surface area contributed by atoms with Crippen molar-refractivity contribution in [2.45, 2.75) is 29.1 Å². The quantitative estimate of drug-likeness (QED) is 0.726. The molecule has 2 N–H and O–H groups in total. The topological polar surface area (TPSA) is 95.4 Å². The lowest BCUT2D eigenvalue weighted by atomic mass is 10.2. The molecule has 0 radical (unpaired) electrons. The minimum atomic E-state index is 0.145. The summed E-state index contributed by atoms with van der Waals surface area (Å²) in [4.78, 5) is 12.1. The van der Waals surface area contributed by atoms with Crippen molar-refractivity contribution < 1.29 is 0 Å². The first-order valence-corrected chi connectivity index (χ1v) is 8.23. The largest absolute Gasteiger partial charge is 0.368 e. The normalized spacial score (nSPS) is 14.1. The van der Waals surface area contributed by atoms with Gasteiger partial charge in [-0.15, -0.1) is 10.2 Å². The maximum absolute atomic E-state index is 5.94. The summed E-state index contributed by atoms with van der Waals surface area (Å²) in [6, 6.07) is 5.94. The molecule has 116 valence electrons. The van der Waals surface area contributed by atoms with Gasteiger partial charge in [0.25, 0.3) is 0 Å². The average molecular weight is 346 g/mol. The number of rotatable bonds is 4. The van der Waals surface area contributed by atoms with E-state index in [0.29, 0.717) is 16.2 Å². The maximum Gasteiger partial charge on any atom is 0.222 e. The number of hydrogen-bond donors (Lipinski definition) is 1. The molecular formula is C14H12ClN7S. The first kappa shape index (κ1) is 14.4. The van der Waals surface area contributed by atoms with Gasteiger partial charge in [-0.1, -0.05) is 11.6 Å². The standard InChI is InChI=1S/C14H12ClN7S/c15-10-7-11(19-13(16)18-10)23-14-21-20-12(22(14)9-1-2-9)8-3-5-17-6-4-8/h3-7,9H,1-2H2,(H2,16,18,19). The van der Waals surface area contributed by atoms with E-state index in [1.54, 1.807) is 18.5 Å². The molecule has 0 aliphatic heterocycles. The SMILES string of the molecule is Nc1nc(Cl)cc(Sc2nnc(-c3ccncc3)n2C2CC2)n1. The Hall–Kier alpha value is -2.19. The summed E-state index contributed by atoms with van der Waals surface area (Å²) in [5.74, 6) is 0.984. The van der Waals surface area contributed by atoms with E-state index in [9.17, 15) is 0 Å². The van der Waals surface area contributed by atoms with Crippen molar-refractivity contribution >= 4 is 29.3 Å². The highest BCUT2D eigenvalue weighted by atomic mass is 35.5. The van der Waals surface area contributed by atoms with Crippen molar-refractivity contribution in [2.24, 2.45) is 0 Å². The van der Waals surface area contributed by atoms with E-state index in [1.807, 2.05) is 12.1 Å². The highest BCUT2D eigenvalue weighted by molar-refractivity contribution is 7.99. The number of pyridine rings is 1. The van der Waals surface area contributed by atoms with Gasteiger partial charge in [-0.3, -0.25) is 9.55 Å². The molecule has 3 heterocycles. The molecule has 0 bridgehead atoms. The van der Waals surface area contributed by atoms with Gasteiger partial charge in [0.2, 0.25) is 5.95 Å². The van der Waals surface area contributed by atoms with Crippen LogP contribution in [-0.2, 0) is 0 Å². The summed E-state index contributed by atoms with van der Waals surface area (Å²) in [5, 5.41) is 10.4. The van der Waals surface area contributed by atoms with Crippen LogP contribution in [0.2, 0.25) is 5.15 Å². The van der Waals surface area contributed by atoms with Crippen LogP contribution in [0.25, 0.3) is 11.4 Å². The summed E-state index contributed by atoms with van der Waals surface area (Å²) in [5.41, 5.74) is 6.64. The van der Waals surface area contributed by atoms with Gasteiger partial charge in [0.1, 0.15) is 10.2 Å². The van der Waals surface area contributed by atoms with Crippen molar-refractivity contribution in [3.8, 4) is 11.4 Å². The summed E-state index contributed by atoms with van der Waals surface area (Å²) < 4.78 is 2.15. The van der Waals surface area contributed by atoms with Crippen LogP contribution in [0.4, 0.5) is 5.95 Å². The van der Waals surface area contributed by atoms with Crippen LogP contribution < -0.4 is 5.73 Å². The predicted molar refractivity (Wildman–Crippen MR) is 87.1 cm³/mol. The fourth-order valence-electron chi connectivity index (χ4n) is 2.27. The summed E-state index contributed by atoms with van der Waals surface area (Å²) in [6.07, 6.45) is 5.74. The van der Waals surface area contributed by atoms with Gasteiger partial charge in [0, 0.05) is 30.1 Å². The van der Waals surface area contributed by atoms with Crippen molar-refractivity contribution in [3.63, 3.8) is 0 Å². The van der Waals surface area contributed by atoms with E-state index >= 15 is 0 Å². The first-order valence-electron chi connectivity index (χ1n) is 7.04. The number of anilines is 1. The van der Waals surface area contributed by atoms with Crippen molar-refractivity contribution in [1.82, 2.24) is 29.7 Å². The molecule has 0 saturated heterocycles. The fraction of sp³-hybridized carbons (Fsp3) is 0.214. The molecule has 4 rings (SSSR count). The van der Waals surface area contributed by atoms with Gasteiger partial charge >= 0.3 is 0 Å². The average Bonchev–Trinajstić information content (AvgIpc) is 3.28. The molecule has 3 aromatic rings. The minimum absolute atomic E-state index is 0.145. The second-order valence-corrected chi connectivity index (χ2v) is 6.51. The fourth-order valence-corrected chi connectivity index (χ4v) is 3.43. The van der Waals surface area contributed by atoms with E-state index < -0.39 is 0 Å². The van der Waals surface area contributed by atoms with Gasteiger partial charge in [-0.25, -0.2) is 9.97 Å². The zero-order chi connectivity index (χ0) is 15.8. The Morgan fingerprint density at radius 3 is 2.65 bits per heavy atom. The zero-order valence-electron chi connectivity index (χ0n) is 11.9. The van der Waals surface area contributed by atoms with E-state index in [0.717, 1.165) is 29.4 Å². The molecular weight excluding hydrogens is 334 g/mol. The van der Waals surface area contributed by atoms with Crippen molar-refractivity contribution in [3.05, 3.63) is 35.7 Å². The molecule has 1 aliphatic carbocycles. The van der Waals surface area contributed by atoms with Crippen LogP contribution >= 0.6 is 23.4 Å². The van der Waals surface area contributed by atoms with Crippen molar-refractivity contribution in [2.75, 3.05) is 5.73 Å². The van der Waals surface area contributed by atoms with Crippen LogP contribution in [0.15, 0.2) is 40.8 Å². The van der Waals surface area contributed by atoms with E-state index in [2.05, 4.69) is 29.7 Å². The summed E-state index contributed by atoms with van der Waals surface area (Å²) in [6.45, 7) is 0. The number of nitrogen functional groups attached to an aromatic ring is 1. The lowest BCUT2D eigenvalue weighted by Crippen LogP contribution is -2.01. The number of hydrogen-bond acceptors (Lipinski definition) is 7. The Morgan fingerprint density at radius 1 is 1.17 bits per heavy atom. The molecule has 1 fully saturated rings. The molecule has 9 heteroatoms. The second-order valence-electron chi connectivity index (χ2n) is 5.13. The third-order valence-corrected chi connectivity index (χ3v) is 4.47. The molecule has 7 nitrogen and oxygen atoms in total. The number of halogens is 1. The maximum atomic E-state index is 5.94. The third kappa shape index (κ3) is 2.99. The number of aromatic nitrogens is 6. The van der Waals surface area contributed by atoms with E-state index in [-0.39, 0.29) is 5.95 Å². The van der Waals surface area contributed by atoms with Gasteiger partial charge in [-0.05, 0) is 36.7 Å². The third-order valence-electron chi connectivity index (χ3n) is 3.40. The van der Waals surface area contributed by atoms with Crippen LogP contribution in [0, 0.1) is 0 Å². The Kier molecular flexibility index (Phi) is 3.62. The lowest BCUT2D eigenvalue weighted by Gasteiger charge is -2.08. The lowest BCUT2D eigenvalue weighted by molar-refractivity contribution is 0.668. The van der Waals surface area contributed by atoms with E-state index in [1.165, 1.54) is 11.8 Å². The van der Waals surface area contributed by atoms with Gasteiger partial charge in [0.05, 0.1) is 0 Å². The van der Waals surface area contributed by atoms with Crippen LogP contribution in [0.3, 0.4) is 0 Å². The Labute approximate surface area is 141 Å². The minimum Gasteiger partial charge on any atom is -0.368 e. The Bertz CT molecular complexity index is 827. The molecule has 0 unspecified atom stereocenters. The summed E-state index contributed by atoms with van der Waals surface area (Å²) >= 11 is 7.32. The molecule has 1 saturated carbocycles.